The maximum Gasteiger partial charge on any atom is 0.137 e. The molecule has 66 valence electrons. The Morgan fingerprint density at radius 3 is 3.08 bits per heavy atom. The molecule has 4 heteroatoms. The van der Waals surface area contributed by atoms with Crippen molar-refractivity contribution in [2.75, 3.05) is 18.1 Å². The van der Waals surface area contributed by atoms with Crippen molar-refractivity contribution >= 4 is 11.8 Å². The number of hydroxylamine groups is 2. The molecule has 0 aromatic rings. The molecule has 2 heterocycles. The van der Waals surface area contributed by atoms with Crippen LogP contribution in [0.3, 0.4) is 0 Å². The highest BCUT2D eigenvalue weighted by molar-refractivity contribution is 7.99. The summed E-state index contributed by atoms with van der Waals surface area (Å²) < 4.78 is 0. The van der Waals surface area contributed by atoms with E-state index in [0.717, 1.165) is 18.7 Å². The third-order valence-electron chi connectivity index (χ3n) is 2.12. The molecule has 3 unspecified atom stereocenters. The second-order valence-corrected chi connectivity index (χ2v) is 4.34. The number of hydrogen-bond acceptors (Lipinski definition) is 4. The Bertz CT molecular complexity index is 198. The van der Waals surface area contributed by atoms with E-state index in [-0.39, 0.29) is 6.04 Å². The molecule has 2 aliphatic rings. The van der Waals surface area contributed by atoms with Crippen LogP contribution in [0.15, 0.2) is 0 Å². The van der Waals surface area contributed by atoms with Crippen molar-refractivity contribution in [2.24, 2.45) is 0 Å². The molecule has 2 saturated heterocycles. The Morgan fingerprint density at radius 1 is 1.58 bits per heavy atom. The van der Waals surface area contributed by atoms with Gasteiger partial charge in [0.2, 0.25) is 0 Å². The van der Waals surface area contributed by atoms with Gasteiger partial charge in [0.05, 0.1) is 18.7 Å². The summed E-state index contributed by atoms with van der Waals surface area (Å²) in [6.07, 6.45) is 2.77. The topological polar surface area (TPSA) is 36.0 Å². The second-order valence-electron chi connectivity index (χ2n) is 3.19. The number of nitriles is 1. The van der Waals surface area contributed by atoms with Gasteiger partial charge in [-0.05, 0) is 18.6 Å². The fourth-order valence-electron chi connectivity index (χ4n) is 1.33. The van der Waals surface area contributed by atoms with Crippen molar-refractivity contribution in [3.8, 4) is 6.07 Å². The number of rotatable bonds is 2. The van der Waals surface area contributed by atoms with Crippen LogP contribution in [-0.4, -0.2) is 35.3 Å². The van der Waals surface area contributed by atoms with E-state index in [1.807, 2.05) is 11.8 Å². The normalized spacial score (nSPS) is 40.4. The predicted molar refractivity (Wildman–Crippen MR) is 47.5 cm³/mol. The van der Waals surface area contributed by atoms with Gasteiger partial charge in [0.15, 0.2) is 0 Å². The minimum Gasteiger partial charge on any atom is -0.293 e. The zero-order valence-electron chi connectivity index (χ0n) is 6.90. The SMILES string of the molecule is N#CC1CN1OC1CCCSC1. The summed E-state index contributed by atoms with van der Waals surface area (Å²) in [5.74, 6) is 2.36. The standard InChI is InChI=1S/C8H12N2OS/c9-4-7-5-10(7)11-8-2-1-3-12-6-8/h7-8H,1-3,5-6H2. The highest BCUT2D eigenvalue weighted by Crippen LogP contribution is 2.25. The molecule has 2 fully saturated rings. The molecule has 2 aliphatic heterocycles. The van der Waals surface area contributed by atoms with E-state index < -0.39 is 0 Å². The van der Waals surface area contributed by atoms with Crippen LogP contribution in [0.25, 0.3) is 0 Å². The highest BCUT2D eigenvalue weighted by atomic mass is 32.2. The van der Waals surface area contributed by atoms with Gasteiger partial charge in [-0.25, -0.2) is 0 Å². The summed E-state index contributed by atoms with van der Waals surface area (Å²) in [5, 5.41) is 10.3. The van der Waals surface area contributed by atoms with Gasteiger partial charge in [0.1, 0.15) is 6.04 Å². The first-order valence-corrected chi connectivity index (χ1v) is 5.46. The van der Waals surface area contributed by atoms with Gasteiger partial charge in [-0.3, -0.25) is 4.84 Å². The lowest BCUT2D eigenvalue weighted by atomic mass is 10.2. The molecule has 12 heavy (non-hydrogen) atoms. The van der Waals surface area contributed by atoms with Crippen molar-refractivity contribution < 1.29 is 4.84 Å². The molecule has 0 saturated carbocycles. The minimum absolute atomic E-state index is 0.0388. The van der Waals surface area contributed by atoms with Gasteiger partial charge < -0.3 is 0 Å². The number of thioether (sulfide) groups is 1. The molecule has 0 N–H and O–H groups in total. The Balaban J connectivity index is 1.70. The number of nitrogens with zero attached hydrogens (tertiary/aromatic N) is 2. The lowest BCUT2D eigenvalue weighted by Gasteiger charge is -2.21. The molecule has 0 aromatic heterocycles. The maximum atomic E-state index is 8.53. The lowest BCUT2D eigenvalue weighted by molar-refractivity contribution is -0.116. The van der Waals surface area contributed by atoms with E-state index in [1.54, 1.807) is 5.06 Å². The molecular weight excluding hydrogens is 172 g/mol. The third-order valence-corrected chi connectivity index (χ3v) is 3.30. The zero-order valence-corrected chi connectivity index (χ0v) is 7.72. The Labute approximate surface area is 76.6 Å². The summed E-state index contributed by atoms with van der Waals surface area (Å²) in [5.41, 5.74) is 0. The summed E-state index contributed by atoms with van der Waals surface area (Å²) in [4.78, 5) is 5.60. The van der Waals surface area contributed by atoms with Crippen molar-refractivity contribution in [1.29, 1.82) is 5.26 Å². The van der Waals surface area contributed by atoms with Gasteiger partial charge in [-0.2, -0.15) is 22.1 Å². The quantitative estimate of drug-likeness (QED) is 0.600. The van der Waals surface area contributed by atoms with Crippen molar-refractivity contribution in [3.05, 3.63) is 0 Å². The highest BCUT2D eigenvalue weighted by Gasteiger charge is 2.37. The summed E-state index contributed by atoms with van der Waals surface area (Å²) in [7, 11) is 0. The van der Waals surface area contributed by atoms with Crippen LogP contribution >= 0.6 is 11.8 Å². The summed E-state index contributed by atoms with van der Waals surface area (Å²) in [6.45, 7) is 0.803. The lowest BCUT2D eigenvalue weighted by Crippen LogP contribution is -2.23. The first-order valence-electron chi connectivity index (χ1n) is 4.31. The van der Waals surface area contributed by atoms with Crippen molar-refractivity contribution in [3.63, 3.8) is 0 Å². The smallest absolute Gasteiger partial charge is 0.137 e. The van der Waals surface area contributed by atoms with Crippen LogP contribution < -0.4 is 0 Å². The van der Waals surface area contributed by atoms with Crippen LogP contribution in [0.1, 0.15) is 12.8 Å². The Kier molecular flexibility index (Phi) is 2.54. The summed E-state index contributed by atoms with van der Waals surface area (Å²) >= 11 is 1.95. The Morgan fingerprint density at radius 2 is 2.50 bits per heavy atom. The third kappa shape index (κ3) is 1.92. The van der Waals surface area contributed by atoms with E-state index >= 15 is 0 Å². The van der Waals surface area contributed by atoms with Gasteiger partial charge in [0, 0.05) is 5.75 Å². The predicted octanol–water partition coefficient (Wildman–Crippen LogP) is 1.02. The molecule has 0 aliphatic carbocycles. The van der Waals surface area contributed by atoms with Gasteiger partial charge in [-0.1, -0.05) is 0 Å². The molecule has 0 radical (unpaired) electrons. The van der Waals surface area contributed by atoms with E-state index in [2.05, 4.69) is 6.07 Å². The molecule has 0 amide bonds. The van der Waals surface area contributed by atoms with Crippen molar-refractivity contribution in [2.45, 2.75) is 25.0 Å². The average molecular weight is 184 g/mol. The minimum atomic E-state index is 0.0388. The molecule has 0 spiro atoms. The van der Waals surface area contributed by atoms with Gasteiger partial charge in [0.25, 0.3) is 0 Å². The van der Waals surface area contributed by atoms with Gasteiger partial charge >= 0.3 is 0 Å². The second kappa shape index (κ2) is 3.65. The fourth-order valence-corrected chi connectivity index (χ4v) is 2.36. The molecule has 3 nitrogen and oxygen atoms in total. The van der Waals surface area contributed by atoms with E-state index in [0.29, 0.717) is 6.10 Å². The van der Waals surface area contributed by atoms with Crippen LogP contribution in [0, 0.1) is 11.3 Å². The van der Waals surface area contributed by atoms with Crippen molar-refractivity contribution in [1.82, 2.24) is 5.06 Å². The van der Waals surface area contributed by atoms with Crippen LogP contribution in [0.2, 0.25) is 0 Å². The maximum absolute atomic E-state index is 8.53. The van der Waals surface area contributed by atoms with Crippen LogP contribution in [0.4, 0.5) is 0 Å². The fraction of sp³-hybridized carbons (Fsp3) is 0.875. The van der Waals surface area contributed by atoms with E-state index in [1.165, 1.54) is 12.2 Å². The zero-order chi connectivity index (χ0) is 8.39. The summed E-state index contributed by atoms with van der Waals surface area (Å²) in [6, 6.07) is 2.21. The molecular formula is C8H12N2OS. The monoisotopic (exact) mass is 184 g/mol. The van der Waals surface area contributed by atoms with E-state index in [9.17, 15) is 0 Å². The Hall–Kier alpha value is -0.240. The van der Waals surface area contributed by atoms with Crippen LogP contribution in [0.5, 0.6) is 0 Å². The molecule has 0 aromatic carbocycles. The molecule has 0 bridgehead atoms. The molecule has 2 rings (SSSR count). The molecule has 3 atom stereocenters. The van der Waals surface area contributed by atoms with Gasteiger partial charge in [-0.15, -0.1) is 0 Å². The van der Waals surface area contributed by atoms with E-state index in [4.69, 9.17) is 10.1 Å². The first kappa shape index (κ1) is 8.36. The number of hydrogen-bond donors (Lipinski definition) is 0. The first-order chi connectivity index (χ1) is 5.90. The largest absolute Gasteiger partial charge is 0.293 e. The average Bonchev–Trinajstić information content (AvgIpc) is 2.85. The van der Waals surface area contributed by atoms with Crippen LogP contribution in [-0.2, 0) is 4.84 Å².